The van der Waals surface area contributed by atoms with Gasteiger partial charge in [-0.05, 0) is 47.0 Å². The Morgan fingerprint density at radius 3 is 2.29 bits per heavy atom. The molecule has 0 bridgehead atoms. The van der Waals surface area contributed by atoms with Crippen LogP contribution in [0.25, 0.3) is 0 Å². The van der Waals surface area contributed by atoms with Crippen molar-refractivity contribution in [3.05, 3.63) is 0 Å². The number of aliphatic hydroxyl groups is 1. The van der Waals surface area contributed by atoms with E-state index in [1.165, 1.54) is 0 Å². The van der Waals surface area contributed by atoms with E-state index >= 15 is 0 Å². The highest BCUT2D eigenvalue weighted by Crippen LogP contribution is 2.21. The van der Waals surface area contributed by atoms with Crippen molar-refractivity contribution in [2.75, 3.05) is 6.61 Å². The van der Waals surface area contributed by atoms with Crippen molar-refractivity contribution in [3.63, 3.8) is 0 Å². The van der Waals surface area contributed by atoms with Crippen LogP contribution in [0.1, 0.15) is 47.0 Å². The van der Waals surface area contributed by atoms with E-state index in [4.69, 9.17) is 11.2 Å². The van der Waals surface area contributed by atoms with Gasteiger partial charge in [0.05, 0.1) is 5.60 Å². The lowest BCUT2D eigenvalue weighted by Gasteiger charge is -2.26. The SMILES string of the molecule is C#CC(C)(O)CCCC(C)(C)OCC. The van der Waals surface area contributed by atoms with E-state index in [0.29, 0.717) is 6.42 Å². The zero-order valence-electron chi connectivity index (χ0n) is 9.76. The molecule has 1 unspecified atom stereocenters. The fourth-order valence-corrected chi connectivity index (χ4v) is 1.39. The maximum Gasteiger partial charge on any atom is 0.122 e. The topological polar surface area (TPSA) is 29.5 Å². The number of hydrogen-bond donors (Lipinski definition) is 1. The van der Waals surface area contributed by atoms with Crippen LogP contribution in [0.3, 0.4) is 0 Å². The molecule has 0 saturated carbocycles. The number of hydrogen-bond acceptors (Lipinski definition) is 2. The molecule has 2 heteroatoms. The Morgan fingerprint density at radius 1 is 1.29 bits per heavy atom. The van der Waals surface area contributed by atoms with Crippen LogP contribution in [0.5, 0.6) is 0 Å². The first-order chi connectivity index (χ1) is 6.33. The molecule has 0 amide bonds. The lowest BCUT2D eigenvalue weighted by atomic mass is 9.94. The quantitative estimate of drug-likeness (QED) is 0.664. The molecule has 0 rings (SSSR count). The minimum Gasteiger partial charge on any atom is -0.378 e. The lowest BCUT2D eigenvalue weighted by molar-refractivity contribution is -0.0209. The van der Waals surface area contributed by atoms with Crippen LogP contribution >= 0.6 is 0 Å². The molecule has 1 atom stereocenters. The van der Waals surface area contributed by atoms with Crippen molar-refractivity contribution in [1.29, 1.82) is 0 Å². The Labute approximate surface area is 87.7 Å². The Balaban J connectivity index is 3.80. The van der Waals surface area contributed by atoms with E-state index in [2.05, 4.69) is 19.8 Å². The maximum atomic E-state index is 9.57. The van der Waals surface area contributed by atoms with Crippen LogP contribution in [0.4, 0.5) is 0 Å². The molecule has 0 aliphatic carbocycles. The second-order valence-electron chi connectivity index (χ2n) is 4.46. The third kappa shape index (κ3) is 6.01. The molecule has 0 aliphatic rings. The zero-order valence-corrected chi connectivity index (χ0v) is 9.76. The Hall–Kier alpha value is -0.520. The molecule has 0 aromatic heterocycles. The average Bonchev–Trinajstić information content (AvgIpc) is 2.03. The van der Waals surface area contributed by atoms with Crippen LogP contribution in [0.15, 0.2) is 0 Å². The molecule has 0 aromatic rings. The second kappa shape index (κ2) is 5.38. The van der Waals surface area contributed by atoms with Crippen molar-refractivity contribution >= 4 is 0 Å². The number of rotatable bonds is 6. The monoisotopic (exact) mass is 198 g/mol. The van der Waals surface area contributed by atoms with Gasteiger partial charge in [0.2, 0.25) is 0 Å². The predicted octanol–water partition coefficient (Wildman–Crippen LogP) is 2.36. The van der Waals surface area contributed by atoms with Crippen LogP contribution in [-0.2, 0) is 4.74 Å². The molecular weight excluding hydrogens is 176 g/mol. The minimum absolute atomic E-state index is 0.112. The van der Waals surface area contributed by atoms with Gasteiger partial charge in [-0.15, -0.1) is 6.42 Å². The van der Waals surface area contributed by atoms with Crippen molar-refractivity contribution in [1.82, 2.24) is 0 Å². The minimum atomic E-state index is -0.970. The van der Waals surface area contributed by atoms with Gasteiger partial charge in [0.15, 0.2) is 0 Å². The van der Waals surface area contributed by atoms with Gasteiger partial charge in [-0.2, -0.15) is 0 Å². The third-order valence-corrected chi connectivity index (χ3v) is 2.29. The lowest BCUT2D eigenvalue weighted by Crippen LogP contribution is -2.27. The van der Waals surface area contributed by atoms with Gasteiger partial charge in [-0.3, -0.25) is 0 Å². The Kier molecular flexibility index (Phi) is 5.18. The third-order valence-electron chi connectivity index (χ3n) is 2.29. The average molecular weight is 198 g/mol. The molecular formula is C12H22O2. The van der Waals surface area contributed by atoms with E-state index in [0.717, 1.165) is 19.4 Å². The van der Waals surface area contributed by atoms with E-state index in [-0.39, 0.29) is 5.60 Å². The summed E-state index contributed by atoms with van der Waals surface area (Å²) in [6.45, 7) is 8.49. The molecule has 0 spiro atoms. The van der Waals surface area contributed by atoms with Crippen LogP contribution in [0.2, 0.25) is 0 Å². The summed E-state index contributed by atoms with van der Waals surface area (Å²) < 4.78 is 5.54. The highest BCUT2D eigenvalue weighted by Gasteiger charge is 2.21. The molecule has 0 saturated heterocycles. The summed E-state index contributed by atoms with van der Waals surface area (Å²) in [6, 6.07) is 0. The smallest absolute Gasteiger partial charge is 0.122 e. The van der Waals surface area contributed by atoms with Gasteiger partial charge >= 0.3 is 0 Å². The summed E-state index contributed by atoms with van der Waals surface area (Å²) in [6.07, 6.45) is 7.60. The van der Waals surface area contributed by atoms with Crippen molar-refractivity contribution in [3.8, 4) is 12.3 Å². The highest BCUT2D eigenvalue weighted by atomic mass is 16.5. The standard InChI is InChI=1S/C12H22O2/c1-6-12(5,13)10-8-9-11(3,4)14-7-2/h1,13H,7-10H2,2-5H3. The fourth-order valence-electron chi connectivity index (χ4n) is 1.39. The zero-order chi connectivity index (χ0) is 11.2. The summed E-state index contributed by atoms with van der Waals surface area (Å²) in [4.78, 5) is 0. The molecule has 2 nitrogen and oxygen atoms in total. The summed E-state index contributed by atoms with van der Waals surface area (Å²) in [5.41, 5.74) is -1.08. The summed E-state index contributed by atoms with van der Waals surface area (Å²) in [7, 11) is 0. The van der Waals surface area contributed by atoms with Crippen LogP contribution < -0.4 is 0 Å². The predicted molar refractivity (Wildman–Crippen MR) is 59.0 cm³/mol. The molecule has 0 aliphatic heterocycles. The van der Waals surface area contributed by atoms with Gasteiger partial charge in [0.25, 0.3) is 0 Å². The molecule has 0 fully saturated rings. The van der Waals surface area contributed by atoms with Gasteiger partial charge in [0.1, 0.15) is 5.60 Å². The number of terminal acetylenes is 1. The summed E-state index contributed by atoms with van der Waals surface area (Å²) in [5.74, 6) is 2.37. The first kappa shape index (κ1) is 13.5. The van der Waals surface area contributed by atoms with Crippen molar-refractivity contribution in [2.24, 2.45) is 0 Å². The Morgan fingerprint density at radius 2 is 1.86 bits per heavy atom. The van der Waals surface area contributed by atoms with E-state index < -0.39 is 5.60 Å². The Bertz CT molecular complexity index is 199. The van der Waals surface area contributed by atoms with E-state index in [1.54, 1.807) is 6.92 Å². The molecule has 1 N–H and O–H groups in total. The van der Waals surface area contributed by atoms with Crippen LogP contribution in [0, 0.1) is 12.3 Å². The summed E-state index contributed by atoms with van der Waals surface area (Å²) >= 11 is 0. The molecule has 0 aromatic carbocycles. The molecule has 82 valence electrons. The van der Waals surface area contributed by atoms with Crippen LogP contribution in [-0.4, -0.2) is 22.9 Å². The highest BCUT2D eigenvalue weighted by molar-refractivity contribution is 5.04. The largest absolute Gasteiger partial charge is 0.378 e. The first-order valence-corrected chi connectivity index (χ1v) is 5.17. The van der Waals surface area contributed by atoms with E-state index in [1.807, 2.05) is 6.92 Å². The van der Waals surface area contributed by atoms with Crippen molar-refractivity contribution < 1.29 is 9.84 Å². The maximum absolute atomic E-state index is 9.57. The fraction of sp³-hybridized carbons (Fsp3) is 0.833. The second-order valence-corrected chi connectivity index (χ2v) is 4.46. The summed E-state index contributed by atoms with van der Waals surface area (Å²) in [5, 5.41) is 9.57. The van der Waals surface area contributed by atoms with Gasteiger partial charge < -0.3 is 9.84 Å². The molecule has 0 radical (unpaired) electrons. The van der Waals surface area contributed by atoms with Gasteiger partial charge in [0, 0.05) is 6.61 Å². The number of ether oxygens (including phenoxy) is 1. The molecule has 14 heavy (non-hydrogen) atoms. The molecule has 0 heterocycles. The normalized spacial score (nSPS) is 16.0. The van der Waals surface area contributed by atoms with Gasteiger partial charge in [-0.25, -0.2) is 0 Å². The van der Waals surface area contributed by atoms with Crippen molar-refractivity contribution in [2.45, 2.75) is 58.2 Å². The first-order valence-electron chi connectivity index (χ1n) is 5.17. The van der Waals surface area contributed by atoms with Gasteiger partial charge in [-0.1, -0.05) is 5.92 Å². The van der Waals surface area contributed by atoms with E-state index in [9.17, 15) is 5.11 Å².